The highest BCUT2D eigenvalue weighted by atomic mass is 32.2. The first kappa shape index (κ1) is 25.8. The van der Waals surface area contributed by atoms with Gasteiger partial charge in [-0.2, -0.15) is 0 Å². The molecule has 1 amide bonds. The lowest BCUT2D eigenvalue weighted by Crippen LogP contribution is -2.42. The number of alkyl halides is 2. The summed E-state index contributed by atoms with van der Waals surface area (Å²) in [5, 5.41) is 0. The van der Waals surface area contributed by atoms with Crippen molar-refractivity contribution in [3.8, 4) is 5.75 Å². The van der Waals surface area contributed by atoms with E-state index in [0.717, 1.165) is 0 Å². The minimum atomic E-state index is -3.96. The van der Waals surface area contributed by atoms with Crippen molar-refractivity contribution < 1.29 is 31.1 Å². The summed E-state index contributed by atoms with van der Waals surface area (Å²) in [5.74, 6) is -1.14. The number of imidazole rings is 1. The number of sulfonamides is 1. The van der Waals surface area contributed by atoms with Gasteiger partial charge in [0.1, 0.15) is 42.4 Å². The molecule has 1 N–H and O–H groups in total. The first-order valence-corrected chi connectivity index (χ1v) is 12.8. The summed E-state index contributed by atoms with van der Waals surface area (Å²) in [4.78, 5) is 18.7. The van der Waals surface area contributed by atoms with Crippen LogP contribution in [-0.2, 0) is 10.0 Å². The Kier molecular flexibility index (Phi) is 6.91. The molecule has 36 heavy (non-hydrogen) atoms. The van der Waals surface area contributed by atoms with Crippen molar-refractivity contribution in [3.05, 3.63) is 59.8 Å². The van der Waals surface area contributed by atoms with E-state index >= 15 is 0 Å². The van der Waals surface area contributed by atoms with Gasteiger partial charge in [-0.15, -0.1) is 0 Å². The maximum atomic E-state index is 14.7. The Morgan fingerprint density at radius 3 is 2.69 bits per heavy atom. The quantitative estimate of drug-likeness (QED) is 0.503. The lowest BCUT2D eigenvalue weighted by atomic mass is 10.0. The standard InChI is InChI=1S/C24H27F3N4O4S/c1-24(2,3)36(33,34)29-23(32)20-12-28-22-7-5-17(14-31(20)22)30-13-16(27)11-19(30)18-10-15(26)4-6-21(18)35-9-8-25/h4-7,10,12,14,16,19H,8-9,11,13H2,1-3H3,(H,29,32)/t16-,19+/m0/s1. The van der Waals surface area contributed by atoms with Crippen LogP contribution in [0.2, 0.25) is 0 Å². The number of carbonyl (C=O) groups is 1. The fourth-order valence-corrected chi connectivity index (χ4v) is 4.71. The Labute approximate surface area is 207 Å². The molecule has 194 valence electrons. The fourth-order valence-electron chi connectivity index (χ4n) is 4.06. The van der Waals surface area contributed by atoms with E-state index in [9.17, 15) is 26.4 Å². The molecule has 3 aromatic rings. The molecule has 8 nitrogen and oxygen atoms in total. The molecule has 12 heteroatoms. The van der Waals surface area contributed by atoms with Crippen LogP contribution in [0.15, 0.2) is 42.7 Å². The van der Waals surface area contributed by atoms with Gasteiger partial charge >= 0.3 is 0 Å². The molecule has 1 aliphatic rings. The number of anilines is 1. The number of carbonyl (C=O) groups excluding carboxylic acids is 1. The molecule has 0 saturated carbocycles. The first-order valence-electron chi connectivity index (χ1n) is 11.3. The van der Waals surface area contributed by atoms with Crippen molar-refractivity contribution in [2.45, 2.75) is 44.2 Å². The zero-order valence-corrected chi connectivity index (χ0v) is 20.9. The van der Waals surface area contributed by atoms with Crippen molar-refractivity contribution in [2.24, 2.45) is 0 Å². The summed E-state index contributed by atoms with van der Waals surface area (Å²) in [5.41, 5.74) is 1.23. The SMILES string of the molecule is CC(C)(C)S(=O)(=O)NC(=O)c1cnc2ccc(N3C[C@@H](F)C[C@@H]3c3cc(F)ccc3OCCF)cn12. The smallest absolute Gasteiger partial charge is 0.283 e. The molecule has 0 bridgehead atoms. The number of fused-ring (bicyclic) bond motifs is 1. The second-order valence-electron chi connectivity index (χ2n) is 9.53. The predicted molar refractivity (Wildman–Crippen MR) is 129 cm³/mol. The van der Waals surface area contributed by atoms with Crippen LogP contribution in [-0.4, -0.2) is 54.5 Å². The van der Waals surface area contributed by atoms with Gasteiger partial charge in [-0.3, -0.25) is 9.20 Å². The number of aromatic nitrogens is 2. The van der Waals surface area contributed by atoms with Crippen LogP contribution in [0.5, 0.6) is 5.75 Å². The van der Waals surface area contributed by atoms with Gasteiger partial charge in [-0.1, -0.05) is 0 Å². The topological polar surface area (TPSA) is 93.0 Å². The van der Waals surface area contributed by atoms with Crippen molar-refractivity contribution >= 4 is 27.3 Å². The lowest BCUT2D eigenvalue weighted by Gasteiger charge is -2.28. The van der Waals surface area contributed by atoms with Crippen molar-refractivity contribution in [2.75, 3.05) is 24.7 Å². The molecule has 0 spiro atoms. The van der Waals surface area contributed by atoms with Crippen LogP contribution in [0.4, 0.5) is 18.9 Å². The fraction of sp³-hybridized carbons (Fsp3) is 0.417. The van der Waals surface area contributed by atoms with E-state index in [4.69, 9.17) is 4.74 Å². The van der Waals surface area contributed by atoms with Crippen molar-refractivity contribution in [1.29, 1.82) is 0 Å². The monoisotopic (exact) mass is 524 g/mol. The van der Waals surface area contributed by atoms with Crippen molar-refractivity contribution in [3.63, 3.8) is 0 Å². The molecule has 0 aliphatic carbocycles. The first-order chi connectivity index (χ1) is 16.9. The number of hydrogen-bond acceptors (Lipinski definition) is 6. The molecular formula is C24H27F3N4O4S. The average molecular weight is 525 g/mol. The molecule has 0 radical (unpaired) electrons. The number of pyridine rings is 1. The maximum Gasteiger partial charge on any atom is 0.283 e. The van der Waals surface area contributed by atoms with Crippen LogP contribution in [0.3, 0.4) is 0 Å². The maximum absolute atomic E-state index is 14.7. The number of amides is 1. The van der Waals surface area contributed by atoms with Gasteiger partial charge in [0, 0.05) is 24.7 Å². The van der Waals surface area contributed by atoms with Gasteiger partial charge in [0.05, 0.1) is 22.7 Å². The number of halogens is 3. The molecule has 1 saturated heterocycles. The molecule has 0 unspecified atom stereocenters. The lowest BCUT2D eigenvalue weighted by molar-refractivity contribution is 0.0975. The Morgan fingerprint density at radius 1 is 1.25 bits per heavy atom. The molecule has 1 fully saturated rings. The van der Waals surface area contributed by atoms with Gasteiger partial charge in [0.15, 0.2) is 0 Å². The summed E-state index contributed by atoms with van der Waals surface area (Å²) in [7, 11) is -3.96. The summed E-state index contributed by atoms with van der Waals surface area (Å²) in [6, 6.07) is 6.50. The number of nitrogens with one attached hydrogen (secondary N) is 1. The van der Waals surface area contributed by atoms with Gasteiger partial charge in [0.2, 0.25) is 10.0 Å². The van der Waals surface area contributed by atoms with E-state index in [0.29, 0.717) is 16.9 Å². The van der Waals surface area contributed by atoms with E-state index < -0.39 is 45.4 Å². The minimum absolute atomic E-state index is 0.0101. The van der Waals surface area contributed by atoms with Gasteiger partial charge in [-0.05, 0) is 51.1 Å². The summed E-state index contributed by atoms with van der Waals surface area (Å²) >= 11 is 0. The van der Waals surface area contributed by atoms with Crippen LogP contribution >= 0.6 is 0 Å². The zero-order chi connectivity index (χ0) is 26.3. The Morgan fingerprint density at radius 2 is 2.00 bits per heavy atom. The number of nitrogens with zero attached hydrogens (tertiary/aromatic N) is 3. The largest absolute Gasteiger partial charge is 0.490 e. The summed E-state index contributed by atoms with van der Waals surface area (Å²) in [6.07, 6.45) is 1.62. The van der Waals surface area contributed by atoms with E-state index in [2.05, 4.69) is 9.71 Å². The van der Waals surface area contributed by atoms with Gasteiger partial charge in [-0.25, -0.2) is 31.3 Å². The highest BCUT2D eigenvalue weighted by Gasteiger charge is 2.36. The Balaban J connectivity index is 1.71. The molecular weight excluding hydrogens is 497 g/mol. The third-order valence-electron chi connectivity index (χ3n) is 6.00. The Bertz CT molecular complexity index is 1390. The van der Waals surface area contributed by atoms with E-state index in [1.807, 2.05) is 0 Å². The van der Waals surface area contributed by atoms with Crippen LogP contribution in [0, 0.1) is 5.82 Å². The van der Waals surface area contributed by atoms with Crippen LogP contribution < -0.4 is 14.4 Å². The average Bonchev–Trinajstić information content (AvgIpc) is 3.40. The molecule has 3 heterocycles. The van der Waals surface area contributed by atoms with E-state index in [1.165, 1.54) is 49.6 Å². The number of hydrogen-bond donors (Lipinski definition) is 1. The number of rotatable bonds is 7. The third-order valence-corrected chi connectivity index (χ3v) is 8.07. The molecule has 4 rings (SSSR count). The molecule has 2 aromatic heterocycles. The second kappa shape index (κ2) is 9.64. The summed E-state index contributed by atoms with van der Waals surface area (Å²) in [6.45, 7) is 3.44. The molecule has 2 atom stereocenters. The number of benzene rings is 1. The minimum Gasteiger partial charge on any atom is -0.490 e. The highest BCUT2D eigenvalue weighted by Crippen LogP contribution is 2.41. The van der Waals surface area contributed by atoms with E-state index in [-0.39, 0.29) is 31.0 Å². The highest BCUT2D eigenvalue weighted by molar-refractivity contribution is 7.91. The number of ether oxygens (including phenoxy) is 1. The van der Waals surface area contributed by atoms with Crippen LogP contribution in [0.1, 0.15) is 49.3 Å². The predicted octanol–water partition coefficient (Wildman–Crippen LogP) is 3.97. The van der Waals surface area contributed by atoms with Gasteiger partial charge < -0.3 is 9.64 Å². The Hall–Kier alpha value is -3.28. The molecule has 1 aromatic carbocycles. The van der Waals surface area contributed by atoms with E-state index in [1.54, 1.807) is 23.2 Å². The third kappa shape index (κ3) is 4.99. The normalized spacial score (nSPS) is 18.6. The van der Waals surface area contributed by atoms with Gasteiger partial charge in [0.25, 0.3) is 5.91 Å². The summed E-state index contributed by atoms with van der Waals surface area (Å²) < 4.78 is 74.1. The second-order valence-corrected chi connectivity index (χ2v) is 12.0. The van der Waals surface area contributed by atoms with Crippen molar-refractivity contribution in [1.82, 2.24) is 14.1 Å². The zero-order valence-electron chi connectivity index (χ0n) is 20.0. The van der Waals surface area contributed by atoms with Crippen LogP contribution in [0.25, 0.3) is 5.65 Å². The molecule has 1 aliphatic heterocycles.